The van der Waals surface area contributed by atoms with E-state index in [0.29, 0.717) is 6.54 Å². The molecule has 0 aromatic carbocycles. The molecule has 1 rings (SSSR count). The quantitative estimate of drug-likeness (QED) is 0.694. The van der Waals surface area contributed by atoms with Gasteiger partial charge in [-0.25, -0.2) is 8.42 Å². The highest BCUT2D eigenvalue weighted by molar-refractivity contribution is 8.13. The molecule has 1 aromatic heterocycles. The van der Waals surface area contributed by atoms with Crippen molar-refractivity contribution in [3.05, 3.63) is 28.7 Å². The average molecular weight is 222 g/mol. The van der Waals surface area contributed by atoms with Gasteiger partial charge >= 0.3 is 0 Å². The molecule has 0 aliphatic carbocycles. The van der Waals surface area contributed by atoms with Crippen LogP contribution in [0.25, 0.3) is 0 Å². The van der Waals surface area contributed by atoms with E-state index in [-0.39, 0.29) is 10.5 Å². The minimum absolute atomic E-state index is 0.163. The van der Waals surface area contributed by atoms with Crippen LogP contribution in [0.4, 0.5) is 0 Å². The molecule has 0 N–H and O–H groups in total. The van der Waals surface area contributed by atoms with E-state index in [1.807, 2.05) is 0 Å². The molecule has 4 nitrogen and oxygen atoms in total. The third kappa shape index (κ3) is 2.32. The maximum absolute atomic E-state index is 11.2. The zero-order valence-electron chi connectivity index (χ0n) is 6.90. The Morgan fingerprint density at radius 1 is 1.54 bits per heavy atom. The summed E-state index contributed by atoms with van der Waals surface area (Å²) in [6.45, 7) is 2.29. The van der Waals surface area contributed by atoms with Crippen LogP contribution in [0.1, 0.15) is 6.92 Å². The molecule has 1 aromatic rings. The summed E-state index contributed by atoms with van der Waals surface area (Å²) in [5.74, 6) is 0. The lowest BCUT2D eigenvalue weighted by Gasteiger charge is -2.00. The van der Waals surface area contributed by atoms with Gasteiger partial charge in [0.05, 0.1) is 4.90 Å². The molecule has 0 radical (unpaired) electrons. The predicted octanol–water partition coefficient (Wildman–Crippen LogP) is 0.796. The van der Waals surface area contributed by atoms with Crippen LogP contribution in [0.5, 0.6) is 0 Å². The monoisotopic (exact) mass is 221 g/mol. The van der Waals surface area contributed by atoms with E-state index in [2.05, 4.69) is 0 Å². The Kier molecular flexibility index (Phi) is 2.77. The van der Waals surface area contributed by atoms with Gasteiger partial charge in [0.2, 0.25) is 0 Å². The Morgan fingerprint density at radius 3 is 2.54 bits per heavy atom. The summed E-state index contributed by atoms with van der Waals surface area (Å²) in [6.07, 6.45) is 1.40. The first-order chi connectivity index (χ1) is 5.95. The second-order valence-electron chi connectivity index (χ2n) is 2.42. The fourth-order valence-corrected chi connectivity index (χ4v) is 1.66. The van der Waals surface area contributed by atoms with Gasteiger partial charge in [-0.1, -0.05) is 0 Å². The molecular weight excluding hydrogens is 214 g/mol. The van der Waals surface area contributed by atoms with E-state index < -0.39 is 9.05 Å². The lowest BCUT2D eigenvalue weighted by atomic mass is 10.4. The van der Waals surface area contributed by atoms with Crippen molar-refractivity contribution >= 4 is 19.7 Å². The number of nitrogens with zero attached hydrogens (tertiary/aromatic N) is 1. The Labute approximate surface area is 80.2 Å². The Bertz CT molecular complexity index is 463. The standard InChI is InChI=1S/C7H8ClNO3S/c1-2-9-4-3-6(5-7(9)10)13(8,11)12/h3-5H,2H2,1H3. The highest BCUT2D eigenvalue weighted by atomic mass is 35.7. The highest BCUT2D eigenvalue weighted by Gasteiger charge is 2.10. The average Bonchev–Trinajstić information content (AvgIpc) is 2.02. The van der Waals surface area contributed by atoms with Gasteiger partial charge in [-0.3, -0.25) is 4.79 Å². The molecular formula is C7H8ClNO3S. The van der Waals surface area contributed by atoms with Crippen LogP contribution in [0.2, 0.25) is 0 Å². The Morgan fingerprint density at radius 2 is 2.15 bits per heavy atom. The zero-order chi connectivity index (χ0) is 10.1. The smallest absolute Gasteiger partial charge is 0.261 e. The molecule has 0 atom stereocenters. The van der Waals surface area contributed by atoms with Gasteiger partial charge in [-0.2, -0.15) is 0 Å². The van der Waals surface area contributed by atoms with Gasteiger partial charge in [0.25, 0.3) is 14.6 Å². The van der Waals surface area contributed by atoms with Crippen LogP contribution < -0.4 is 5.56 Å². The van der Waals surface area contributed by atoms with E-state index in [1.165, 1.54) is 16.8 Å². The third-order valence-corrected chi connectivity index (χ3v) is 2.94. The number of hydrogen-bond donors (Lipinski definition) is 0. The fraction of sp³-hybridized carbons (Fsp3) is 0.286. The first kappa shape index (κ1) is 10.3. The lowest BCUT2D eigenvalue weighted by molar-refractivity contribution is 0.608. The van der Waals surface area contributed by atoms with Crippen molar-refractivity contribution in [2.24, 2.45) is 0 Å². The number of hydrogen-bond acceptors (Lipinski definition) is 3. The van der Waals surface area contributed by atoms with Gasteiger partial charge in [0.15, 0.2) is 0 Å². The van der Waals surface area contributed by atoms with Gasteiger partial charge in [0.1, 0.15) is 0 Å². The van der Waals surface area contributed by atoms with Crippen LogP contribution in [-0.4, -0.2) is 13.0 Å². The van der Waals surface area contributed by atoms with Crippen LogP contribution in [0.3, 0.4) is 0 Å². The van der Waals surface area contributed by atoms with E-state index in [9.17, 15) is 13.2 Å². The molecule has 0 saturated carbocycles. The lowest BCUT2D eigenvalue weighted by Crippen LogP contribution is -2.18. The molecule has 0 amide bonds. The van der Waals surface area contributed by atoms with Crippen LogP contribution in [0, 0.1) is 0 Å². The second kappa shape index (κ2) is 3.51. The first-order valence-electron chi connectivity index (χ1n) is 3.60. The van der Waals surface area contributed by atoms with Crippen molar-refractivity contribution in [1.82, 2.24) is 4.57 Å². The van der Waals surface area contributed by atoms with Gasteiger partial charge in [-0.05, 0) is 13.0 Å². The topological polar surface area (TPSA) is 56.1 Å². The minimum Gasteiger partial charge on any atom is -0.316 e. The zero-order valence-corrected chi connectivity index (χ0v) is 8.47. The van der Waals surface area contributed by atoms with E-state index in [4.69, 9.17) is 10.7 Å². The number of halogens is 1. The highest BCUT2D eigenvalue weighted by Crippen LogP contribution is 2.10. The number of rotatable bonds is 2. The molecule has 0 aliphatic heterocycles. The molecule has 0 bridgehead atoms. The number of aryl methyl sites for hydroxylation is 1. The largest absolute Gasteiger partial charge is 0.316 e. The van der Waals surface area contributed by atoms with Crippen molar-refractivity contribution in [3.63, 3.8) is 0 Å². The maximum Gasteiger partial charge on any atom is 0.261 e. The Balaban J connectivity index is 3.35. The fourth-order valence-electron chi connectivity index (χ4n) is 0.903. The number of aromatic nitrogens is 1. The van der Waals surface area contributed by atoms with Gasteiger partial charge < -0.3 is 4.57 Å². The molecule has 0 spiro atoms. The normalized spacial score (nSPS) is 11.5. The van der Waals surface area contributed by atoms with Crippen LogP contribution >= 0.6 is 10.7 Å². The SMILES string of the molecule is CCn1ccc(S(=O)(=O)Cl)cc1=O. The summed E-state index contributed by atoms with van der Waals surface area (Å²) in [5.41, 5.74) is -0.371. The molecule has 6 heteroatoms. The van der Waals surface area contributed by atoms with E-state index in [0.717, 1.165) is 6.07 Å². The third-order valence-electron chi connectivity index (χ3n) is 1.59. The molecule has 1 heterocycles. The van der Waals surface area contributed by atoms with Crippen molar-refractivity contribution in [2.45, 2.75) is 18.4 Å². The molecule has 0 saturated heterocycles. The molecule has 0 aliphatic rings. The summed E-state index contributed by atoms with van der Waals surface area (Å²) >= 11 is 0. The second-order valence-corrected chi connectivity index (χ2v) is 4.99. The summed E-state index contributed by atoms with van der Waals surface area (Å²) in [6, 6.07) is 2.30. The summed E-state index contributed by atoms with van der Waals surface area (Å²) in [7, 11) is 1.26. The molecule has 72 valence electrons. The Hall–Kier alpha value is -0.810. The van der Waals surface area contributed by atoms with E-state index in [1.54, 1.807) is 6.92 Å². The van der Waals surface area contributed by atoms with Crippen LogP contribution in [-0.2, 0) is 15.6 Å². The van der Waals surface area contributed by atoms with Crippen LogP contribution in [0.15, 0.2) is 28.0 Å². The van der Waals surface area contributed by atoms with Crippen molar-refractivity contribution < 1.29 is 8.42 Å². The predicted molar refractivity (Wildman–Crippen MR) is 49.4 cm³/mol. The minimum atomic E-state index is -3.79. The molecule has 0 unspecified atom stereocenters. The first-order valence-corrected chi connectivity index (χ1v) is 5.91. The van der Waals surface area contributed by atoms with E-state index >= 15 is 0 Å². The van der Waals surface area contributed by atoms with Crippen molar-refractivity contribution in [1.29, 1.82) is 0 Å². The number of pyridine rings is 1. The molecule has 0 fully saturated rings. The molecule has 13 heavy (non-hydrogen) atoms. The summed E-state index contributed by atoms with van der Waals surface area (Å²) in [5, 5.41) is 0. The van der Waals surface area contributed by atoms with Gasteiger partial charge in [0, 0.05) is 29.5 Å². The summed E-state index contributed by atoms with van der Waals surface area (Å²) in [4.78, 5) is 11.0. The summed E-state index contributed by atoms with van der Waals surface area (Å²) < 4.78 is 23.0. The maximum atomic E-state index is 11.2. The van der Waals surface area contributed by atoms with Crippen molar-refractivity contribution in [3.8, 4) is 0 Å². The van der Waals surface area contributed by atoms with Gasteiger partial charge in [-0.15, -0.1) is 0 Å². The van der Waals surface area contributed by atoms with Crippen molar-refractivity contribution in [2.75, 3.05) is 0 Å².